The van der Waals surface area contributed by atoms with Gasteiger partial charge in [0.05, 0.1) is 6.61 Å². The minimum absolute atomic E-state index is 0.237. The van der Waals surface area contributed by atoms with E-state index in [0.717, 1.165) is 19.4 Å². The highest BCUT2D eigenvalue weighted by atomic mass is 16.3. The molecular formula is C17H28N2O3. The highest BCUT2D eigenvalue weighted by Gasteiger charge is 2.32. The topological polar surface area (TPSA) is 81.6 Å². The third-order valence-electron chi connectivity index (χ3n) is 3.66. The van der Waals surface area contributed by atoms with E-state index >= 15 is 0 Å². The molecule has 0 aromatic heterocycles. The monoisotopic (exact) mass is 308 g/mol. The molecule has 0 aliphatic carbocycles. The largest absolute Gasteiger partial charge is 0.396 e. The molecule has 0 fully saturated rings. The van der Waals surface area contributed by atoms with Crippen LogP contribution in [0.5, 0.6) is 0 Å². The summed E-state index contributed by atoms with van der Waals surface area (Å²) < 4.78 is 0. The predicted octanol–water partition coefficient (Wildman–Crippen LogP) is 0.704. The average molecular weight is 308 g/mol. The fourth-order valence-electron chi connectivity index (χ4n) is 2.00. The van der Waals surface area contributed by atoms with Crippen LogP contribution in [-0.2, 0) is 11.2 Å². The second kappa shape index (κ2) is 9.56. The van der Waals surface area contributed by atoms with Crippen LogP contribution in [-0.4, -0.2) is 48.5 Å². The molecule has 1 unspecified atom stereocenters. The van der Waals surface area contributed by atoms with E-state index in [2.05, 4.69) is 22.8 Å². The van der Waals surface area contributed by atoms with Crippen molar-refractivity contribution in [3.8, 4) is 0 Å². The molecule has 0 aliphatic rings. The van der Waals surface area contributed by atoms with Crippen molar-refractivity contribution < 1.29 is 15.0 Å². The smallest absolute Gasteiger partial charge is 0.249 e. The van der Waals surface area contributed by atoms with Crippen LogP contribution in [0.4, 0.5) is 0 Å². The zero-order valence-corrected chi connectivity index (χ0v) is 13.5. The molecule has 0 heterocycles. The van der Waals surface area contributed by atoms with Gasteiger partial charge in [-0.25, -0.2) is 0 Å². The lowest BCUT2D eigenvalue weighted by Crippen LogP contribution is -2.47. The fraction of sp³-hybridized carbons (Fsp3) is 0.588. The number of rotatable bonds is 10. The van der Waals surface area contributed by atoms with Gasteiger partial charge in [0.25, 0.3) is 0 Å². The number of hydrogen-bond donors (Lipinski definition) is 4. The van der Waals surface area contributed by atoms with Gasteiger partial charge in [-0.2, -0.15) is 0 Å². The number of carbonyl (C=O) groups excluding carboxylic acids is 1. The quantitative estimate of drug-likeness (QED) is 0.480. The normalized spacial score (nSPS) is 12.9. The van der Waals surface area contributed by atoms with Gasteiger partial charge < -0.3 is 20.8 Å². The molecule has 4 N–H and O–H groups in total. The minimum Gasteiger partial charge on any atom is -0.396 e. The Bertz CT molecular complexity index is 435. The number of aliphatic hydroxyl groups is 2. The number of carbonyl (C=O) groups is 1. The lowest BCUT2D eigenvalue weighted by atomic mass is 9.87. The summed E-state index contributed by atoms with van der Waals surface area (Å²) >= 11 is 0. The third kappa shape index (κ3) is 6.56. The number of aliphatic hydroxyl groups excluding tert-OH is 2. The van der Waals surface area contributed by atoms with E-state index in [1.165, 1.54) is 5.56 Å². The average Bonchev–Trinajstić information content (AvgIpc) is 2.54. The Hall–Kier alpha value is -1.43. The molecule has 1 amide bonds. The molecule has 1 aromatic rings. The Kier molecular flexibility index (Phi) is 8.09. The van der Waals surface area contributed by atoms with Crippen LogP contribution in [0.15, 0.2) is 30.3 Å². The first-order valence-electron chi connectivity index (χ1n) is 7.78. The number of benzene rings is 1. The van der Waals surface area contributed by atoms with E-state index in [1.54, 1.807) is 13.8 Å². The third-order valence-corrected chi connectivity index (χ3v) is 3.66. The number of hydrogen-bond acceptors (Lipinski definition) is 4. The van der Waals surface area contributed by atoms with E-state index in [0.29, 0.717) is 13.1 Å². The Balaban J connectivity index is 2.07. The molecule has 22 heavy (non-hydrogen) atoms. The van der Waals surface area contributed by atoms with Gasteiger partial charge in [0.15, 0.2) is 0 Å². The standard InChI is InChI=1S/C17H28N2O3/c1-17(2,13-20)15(21)16(22)19-12-11-18-10-6-9-14-7-4-3-5-8-14/h3-5,7-8,15,18,20-21H,6,9-13H2,1-2H3,(H,19,22). The lowest BCUT2D eigenvalue weighted by molar-refractivity contribution is -0.137. The van der Waals surface area contributed by atoms with Crippen molar-refractivity contribution in [1.82, 2.24) is 10.6 Å². The van der Waals surface area contributed by atoms with Gasteiger partial charge in [-0.1, -0.05) is 44.2 Å². The van der Waals surface area contributed by atoms with Crippen molar-refractivity contribution in [2.45, 2.75) is 32.8 Å². The van der Waals surface area contributed by atoms with E-state index in [9.17, 15) is 9.90 Å². The number of amides is 1. The first-order valence-corrected chi connectivity index (χ1v) is 7.78. The first kappa shape index (κ1) is 18.6. The summed E-state index contributed by atoms with van der Waals surface area (Å²) in [6, 6.07) is 10.3. The second-order valence-electron chi connectivity index (χ2n) is 6.18. The van der Waals surface area contributed by atoms with Gasteiger partial charge in [-0.05, 0) is 24.9 Å². The second-order valence-corrected chi connectivity index (χ2v) is 6.18. The molecule has 0 radical (unpaired) electrons. The van der Waals surface area contributed by atoms with Crippen LogP contribution in [0.1, 0.15) is 25.8 Å². The lowest BCUT2D eigenvalue weighted by Gasteiger charge is -2.27. The Morgan fingerprint density at radius 1 is 1.18 bits per heavy atom. The zero-order chi connectivity index (χ0) is 16.4. The maximum Gasteiger partial charge on any atom is 0.249 e. The molecule has 0 spiro atoms. The van der Waals surface area contributed by atoms with Gasteiger partial charge in [-0.3, -0.25) is 4.79 Å². The summed E-state index contributed by atoms with van der Waals surface area (Å²) in [5.74, 6) is -0.440. The summed E-state index contributed by atoms with van der Waals surface area (Å²) in [6.45, 7) is 5.07. The Morgan fingerprint density at radius 2 is 1.86 bits per heavy atom. The summed E-state index contributed by atoms with van der Waals surface area (Å²) in [5.41, 5.74) is 0.500. The van der Waals surface area contributed by atoms with E-state index in [4.69, 9.17) is 5.11 Å². The molecule has 124 valence electrons. The molecule has 1 aromatic carbocycles. The molecule has 1 atom stereocenters. The van der Waals surface area contributed by atoms with Crippen LogP contribution >= 0.6 is 0 Å². The maximum atomic E-state index is 11.7. The number of nitrogens with one attached hydrogen (secondary N) is 2. The summed E-state index contributed by atoms with van der Waals surface area (Å²) in [6.07, 6.45) is 0.873. The van der Waals surface area contributed by atoms with Crippen LogP contribution in [0.3, 0.4) is 0 Å². The minimum atomic E-state index is -1.20. The van der Waals surface area contributed by atoms with Crippen molar-refractivity contribution in [1.29, 1.82) is 0 Å². The van der Waals surface area contributed by atoms with Crippen molar-refractivity contribution in [3.63, 3.8) is 0 Å². The Morgan fingerprint density at radius 3 is 2.50 bits per heavy atom. The van der Waals surface area contributed by atoms with Crippen molar-refractivity contribution >= 4 is 5.91 Å². The highest BCUT2D eigenvalue weighted by molar-refractivity contribution is 5.81. The van der Waals surface area contributed by atoms with Crippen LogP contribution in [0.25, 0.3) is 0 Å². The van der Waals surface area contributed by atoms with Gasteiger partial charge in [0.1, 0.15) is 6.10 Å². The molecule has 0 saturated heterocycles. The molecule has 5 heteroatoms. The molecule has 5 nitrogen and oxygen atoms in total. The van der Waals surface area contributed by atoms with E-state index in [1.807, 2.05) is 18.2 Å². The Labute approximate surface area is 132 Å². The van der Waals surface area contributed by atoms with E-state index < -0.39 is 17.4 Å². The SMILES string of the molecule is CC(C)(CO)C(O)C(=O)NCCNCCCc1ccccc1. The van der Waals surface area contributed by atoms with Crippen LogP contribution in [0.2, 0.25) is 0 Å². The highest BCUT2D eigenvalue weighted by Crippen LogP contribution is 2.19. The first-order chi connectivity index (χ1) is 10.5. The molecule has 1 rings (SSSR count). The van der Waals surface area contributed by atoms with Crippen LogP contribution in [0, 0.1) is 5.41 Å². The van der Waals surface area contributed by atoms with Crippen LogP contribution < -0.4 is 10.6 Å². The molecule has 0 bridgehead atoms. The van der Waals surface area contributed by atoms with Gasteiger partial charge in [0.2, 0.25) is 5.91 Å². The number of aryl methyl sites for hydroxylation is 1. The molecule has 0 saturated carbocycles. The summed E-state index contributed by atoms with van der Waals surface area (Å²) in [7, 11) is 0. The van der Waals surface area contributed by atoms with Crippen molar-refractivity contribution in [2.75, 3.05) is 26.2 Å². The van der Waals surface area contributed by atoms with Gasteiger partial charge in [0, 0.05) is 18.5 Å². The van der Waals surface area contributed by atoms with Gasteiger partial charge >= 0.3 is 0 Å². The fourth-order valence-corrected chi connectivity index (χ4v) is 2.00. The maximum absolute atomic E-state index is 11.7. The summed E-state index contributed by atoms with van der Waals surface area (Å²) in [4.78, 5) is 11.7. The zero-order valence-electron chi connectivity index (χ0n) is 13.5. The van der Waals surface area contributed by atoms with Crippen molar-refractivity contribution in [3.05, 3.63) is 35.9 Å². The predicted molar refractivity (Wildman–Crippen MR) is 87.5 cm³/mol. The molecule has 0 aliphatic heterocycles. The summed E-state index contributed by atoms with van der Waals surface area (Å²) in [5, 5.41) is 24.9. The van der Waals surface area contributed by atoms with Gasteiger partial charge in [-0.15, -0.1) is 0 Å². The molecular weight excluding hydrogens is 280 g/mol. The van der Waals surface area contributed by atoms with Crippen molar-refractivity contribution in [2.24, 2.45) is 5.41 Å². The van der Waals surface area contributed by atoms with E-state index in [-0.39, 0.29) is 6.61 Å².